The Labute approximate surface area is 103 Å². The molecular weight excluding hydrogens is 212 g/mol. The van der Waals surface area contributed by atoms with E-state index in [-0.39, 0.29) is 5.91 Å². The second kappa shape index (κ2) is 5.82. The van der Waals surface area contributed by atoms with Crippen LogP contribution < -0.4 is 10.6 Å². The molecule has 17 heavy (non-hydrogen) atoms. The molecule has 1 amide bonds. The maximum absolute atomic E-state index is 11.5. The van der Waals surface area contributed by atoms with Crippen LogP contribution in [-0.2, 0) is 4.79 Å². The molecule has 1 saturated heterocycles. The molecule has 1 aliphatic rings. The van der Waals surface area contributed by atoms with Gasteiger partial charge < -0.3 is 10.6 Å². The van der Waals surface area contributed by atoms with Gasteiger partial charge in [0.15, 0.2) is 0 Å². The Kier molecular flexibility index (Phi) is 4.15. The summed E-state index contributed by atoms with van der Waals surface area (Å²) in [6.07, 6.45) is 2.72. The molecule has 1 aromatic rings. The van der Waals surface area contributed by atoms with Crippen LogP contribution in [0.3, 0.4) is 0 Å². The molecule has 1 aromatic carbocycles. The number of carbonyl (C=O) groups is 1. The SMILES string of the molecule is C[C@@H](NC1CCCNC(=O)C1)c1ccccc1. The summed E-state index contributed by atoms with van der Waals surface area (Å²) in [5.74, 6) is 0.167. The molecule has 2 N–H and O–H groups in total. The van der Waals surface area contributed by atoms with E-state index >= 15 is 0 Å². The standard InChI is InChI=1S/C14H20N2O/c1-11(12-6-3-2-4-7-12)16-13-8-5-9-15-14(17)10-13/h2-4,6-7,11,13,16H,5,8-10H2,1H3,(H,15,17)/t11-,13?/m1/s1. The molecule has 0 spiro atoms. The Morgan fingerprint density at radius 3 is 2.88 bits per heavy atom. The van der Waals surface area contributed by atoms with E-state index in [0.29, 0.717) is 18.5 Å². The first kappa shape index (κ1) is 12.1. The van der Waals surface area contributed by atoms with Gasteiger partial charge in [0.1, 0.15) is 0 Å². The Morgan fingerprint density at radius 1 is 1.35 bits per heavy atom. The highest BCUT2D eigenvalue weighted by Gasteiger charge is 2.19. The molecule has 2 atom stereocenters. The minimum atomic E-state index is 0.167. The molecule has 0 bridgehead atoms. The highest BCUT2D eigenvalue weighted by Crippen LogP contribution is 2.15. The van der Waals surface area contributed by atoms with Crippen molar-refractivity contribution >= 4 is 5.91 Å². The quantitative estimate of drug-likeness (QED) is 0.837. The molecule has 0 aliphatic carbocycles. The zero-order valence-electron chi connectivity index (χ0n) is 10.3. The summed E-state index contributed by atoms with van der Waals surface area (Å²) < 4.78 is 0. The van der Waals surface area contributed by atoms with Crippen LogP contribution in [0.15, 0.2) is 30.3 Å². The first-order valence-electron chi connectivity index (χ1n) is 6.33. The van der Waals surface area contributed by atoms with Gasteiger partial charge in [-0.15, -0.1) is 0 Å². The minimum Gasteiger partial charge on any atom is -0.356 e. The van der Waals surface area contributed by atoms with E-state index in [1.807, 2.05) is 18.2 Å². The predicted octanol–water partition coefficient (Wildman–Crippen LogP) is 2.01. The fourth-order valence-corrected chi connectivity index (χ4v) is 2.31. The van der Waals surface area contributed by atoms with Crippen LogP contribution in [0, 0.1) is 0 Å². The lowest BCUT2D eigenvalue weighted by Crippen LogP contribution is -2.34. The number of carbonyl (C=O) groups excluding carboxylic acids is 1. The molecule has 92 valence electrons. The van der Waals surface area contributed by atoms with Gasteiger partial charge in [-0.3, -0.25) is 4.79 Å². The molecule has 2 rings (SSSR count). The van der Waals surface area contributed by atoms with Gasteiger partial charge in [0.05, 0.1) is 0 Å². The highest BCUT2D eigenvalue weighted by molar-refractivity contribution is 5.76. The number of hydrogen-bond donors (Lipinski definition) is 2. The van der Waals surface area contributed by atoms with Gasteiger partial charge in [-0.05, 0) is 25.3 Å². The summed E-state index contributed by atoms with van der Waals surface area (Å²) >= 11 is 0. The maximum atomic E-state index is 11.5. The van der Waals surface area contributed by atoms with Crippen LogP contribution in [0.2, 0.25) is 0 Å². The molecule has 0 aromatic heterocycles. The molecule has 1 unspecified atom stereocenters. The van der Waals surface area contributed by atoms with E-state index in [4.69, 9.17) is 0 Å². The molecular formula is C14H20N2O. The monoisotopic (exact) mass is 232 g/mol. The smallest absolute Gasteiger partial charge is 0.221 e. The lowest BCUT2D eigenvalue weighted by molar-refractivity contribution is -0.121. The van der Waals surface area contributed by atoms with Crippen LogP contribution in [0.5, 0.6) is 0 Å². The summed E-state index contributed by atoms with van der Waals surface area (Å²) in [6, 6.07) is 11.0. The van der Waals surface area contributed by atoms with Crippen molar-refractivity contribution in [3.63, 3.8) is 0 Å². The van der Waals surface area contributed by atoms with Crippen LogP contribution in [0.25, 0.3) is 0 Å². The second-order valence-corrected chi connectivity index (χ2v) is 4.69. The van der Waals surface area contributed by atoms with Crippen molar-refractivity contribution in [3.8, 4) is 0 Å². The van der Waals surface area contributed by atoms with Gasteiger partial charge in [0.25, 0.3) is 0 Å². The third-order valence-electron chi connectivity index (χ3n) is 3.27. The summed E-state index contributed by atoms with van der Waals surface area (Å²) in [4.78, 5) is 11.5. The molecule has 1 fully saturated rings. The van der Waals surface area contributed by atoms with Crippen molar-refractivity contribution in [3.05, 3.63) is 35.9 Å². The van der Waals surface area contributed by atoms with Crippen LogP contribution in [0.4, 0.5) is 0 Å². The van der Waals surface area contributed by atoms with Crippen molar-refractivity contribution < 1.29 is 4.79 Å². The van der Waals surface area contributed by atoms with Gasteiger partial charge >= 0.3 is 0 Å². The Hall–Kier alpha value is -1.35. The van der Waals surface area contributed by atoms with Crippen molar-refractivity contribution in [2.24, 2.45) is 0 Å². The summed E-state index contributed by atoms with van der Waals surface area (Å²) in [7, 11) is 0. The number of rotatable bonds is 3. The van der Waals surface area contributed by atoms with Gasteiger partial charge in [0.2, 0.25) is 5.91 Å². The third-order valence-corrected chi connectivity index (χ3v) is 3.27. The van der Waals surface area contributed by atoms with E-state index < -0.39 is 0 Å². The lowest BCUT2D eigenvalue weighted by atomic mass is 10.0. The normalized spacial score (nSPS) is 22.6. The van der Waals surface area contributed by atoms with Crippen LogP contribution >= 0.6 is 0 Å². The largest absolute Gasteiger partial charge is 0.356 e. The maximum Gasteiger partial charge on any atom is 0.221 e. The van der Waals surface area contributed by atoms with E-state index in [2.05, 4.69) is 29.7 Å². The topological polar surface area (TPSA) is 41.1 Å². The average molecular weight is 232 g/mol. The van der Waals surface area contributed by atoms with E-state index in [1.165, 1.54) is 5.56 Å². The molecule has 1 aliphatic heterocycles. The van der Waals surface area contributed by atoms with Crippen LogP contribution in [-0.4, -0.2) is 18.5 Å². The van der Waals surface area contributed by atoms with Crippen molar-refractivity contribution in [1.29, 1.82) is 0 Å². The second-order valence-electron chi connectivity index (χ2n) is 4.69. The Morgan fingerprint density at radius 2 is 2.12 bits per heavy atom. The Bertz CT molecular complexity index is 364. The first-order chi connectivity index (χ1) is 8.25. The third kappa shape index (κ3) is 3.56. The molecule has 1 heterocycles. The summed E-state index contributed by atoms with van der Waals surface area (Å²) in [6.45, 7) is 2.97. The summed E-state index contributed by atoms with van der Waals surface area (Å²) in [5, 5.41) is 6.45. The van der Waals surface area contributed by atoms with Gasteiger partial charge in [-0.25, -0.2) is 0 Å². The fraction of sp³-hybridized carbons (Fsp3) is 0.500. The zero-order chi connectivity index (χ0) is 12.1. The van der Waals surface area contributed by atoms with E-state index in [9.17, 15) is 4.79 Å². The van der Waals surface area contributed by atoms with Crippen molar-refractivity contribution in [1.82, 2.24) is 10.6 Å². The molecule has 3 heteroatoms. The molecule has 0 radical (unpaired) electrons. The number of hydrogen-bond acceptors (Lipinski definition) is 2. The molecule has 0 saturated carbocycles. The van der Waals surface area contributed by atoms with Gasteiger partial charge in [-0.2, -0.15) is 0 Å². The molecule has 3 nitrogen and oxygen atoms in total. The highest BCUT2D eigenvalue weighted by atomic mass is 16.1. The lowest BCUT2D eigenvalue weighted by Gasteiger charge is -2.21. The average Bonchev–Trinajstić information content (AvgIpc) is 2.55. The minimum absolute atomic E-state index is 0.167. The first-order valence-corrected chi connectivity index (χ1v) is 6.33. The fourth-order valence-electron chi connectivity index (χ4n) is 2.31. The van der Waals surface area contributed by atoms with Gasteiger partial charge in [0, 0.05) is 25.0 Å². The number of benzene rings is 1. The van der Waals surface area contributed by atoms with Gasteiger partial charge in [-0.1, -0.05) is 30.3 Å². The van der Waals surface area contributed by atoms with E-state index in [0.717, 1.165) is 19.4 Å². The Balaban J connectivity index is 1.93. The van der Waals surface area contributed by atoms with E-state index in [1.54, 1.807) is 0 Å². The van der Waals surface area contributed by atoms with Crippen molar-refractivity contribution in [2.45, 2.75) is 38.3 Å². The predicted molar refractivity (Wildman–Crippen MR) is 68.6 cm³/mol. The van der Waals surface area contributed by atoms with Crippen LogP contribution in [0.1, 0.15) is 37.8 Å². The zero-order valence-corrected chi connectivity index (χ0v) is 10.3. The van der Waals surface area contributed by atoms with Crippen molar-refractivity contribution in [2.75, 3.05) is 6.54 Å². The number of amides is 1. The summed E-state index contributed by atoms with van der Waals surface area (Å²) in [5.41, 5.74) is 1.28. The number of nitrogens with one attached hydrogen (secondary N) is 2.